The monoisotopic (exact) mass is 246 g/mol. The molecule has 1 rings (SSSR count). The number of piperidine rings is 1. The predicted octanol–water partition coefficient (Wildman–Crippen LogP) is 0.312. The number of aliphatic hydroxyl groups is 1. The lowest BCUT2D eigenvalue weighted by molar-refractivity contribution is -0.118. The van der Waals surface area contributed by atoms with Crippen molar-refractivity contribution in [3.8, 4) is 0 Å². The van der Waals surface area contributed by atoms with E-state index in [0.29, 0.717) is 5.75 Å². The normalized spacial score (nSPS) is 18.6. The Morgan fingerprint density at radius 3 is 2.81 bits per heavy atom. The second-order valence-electron chi connectivity index (χ2n) is 4.21. The average molecular weight is 246 g/mol. The first kappa shape index (κ1) is 13.8. The van der Waals surface area contributed by atoms with E-state index in [1.54, 1.807) is 11.8 Å². The molecular weight excluding hydrogens is 224 g/mol. The van der Waals surface area contributed by atoms with Gasteiger partial charge in [-0.05, 0) is 32.1 Å². The standard InChI is InChI=1S/C11H22N2O2S/c1-16-9-11(15)12-5-2-6-13-7-3-10(14)4-8-13/h10,14H,2-9H2,1H3,(H,12,15). The molecule has 5 heteroatoms. The average Bonchev–Trinajstić information content (AvgIpc) is 2.27. The minimum Gasteiger partial charge on any atom is -0.393 e. The van der Waals surface area contributed by atoms with Crippen molar-refractivity contribution in [2.24, 2.45) is 0 Å². The highest BCUT2D eigenvalue weighted by Crippen LogP contribution is 2.09. The molecule has 0 bridgehead atoms. The first-order chi connectivity index (χ1) is 7.72. The molecule has 0 aliphatic carbocycles. The molecule has 0 atom stereocenters. The van der Waals surface area contributed by atoms with Gasteiger partial charge in [-0.25, -0.2) is 0 Å². The van der Waals surface area contributed by atoms with Gasteiger partial charge in [-0.2, -0.15) is 11.8 Å². The van der Waals surface area contributed by atoms with Crippen molar-refractivity contribution in [3.05, 3.63) is 0 Å². The molecular formula is C11H22N2O2S. The van der Waals surface area contributed by atoms with Gasteiger partial charge in [0, 0.05) is 19.6 Å². The van der Waals surface area contributed by atoms with Crippen molar-refractivity contribution in [1.82, 2.24) is 10.2 Å². The van der Waals surface area contributed by atoms with E-state index in [1.807, 2.05) is 6.26 Å². The van der Waals surface area contributed by atoms with Crippen LogP contribution in [0.5, 0.6) is 0 Å². The Balaban J connectivity index is 1.97. The minimum absolute atomic E-state index is 0.0995. The molecule has 2 N–H and O–H groups in total. The van der Waals surface area contributed by atoms with Crippen LogP contribution < -0.4 is 5.32 Å². The Morgan fingerprint density at radius 2 is 2.19 bits per heavy atom. The van der Waals surface area contributed by atoms with E-state index in [2.05, 4.69) is 10.2 Å². The van der Waals surface area contributed by atoms with Crippen LogP contribution in [0.15, 0.2) is 0 Å². The third-order valence-electron chi connectivity index (χ3n) is 2.81. The van der Waals surface area contributed by atoms with Gasteiger partial charge in [0.05, 0.1) is 11.9 Å². The fourth-order valence-electron chi connectivity index (χ4n) is 1.86. The first-order valence-electron chi connectivity index (χ1n) is 5.88. The molecule has 1 aliphatic heterocycles. The summed E-state index contributed by atoms with van der Waals surface area (Å²) in [7, 11) is 0. The summed E-state index contributed by atoms with van der Waals surface area (Å²) >= 11 is 1.55. The van der Waals surface area contributed by atoms with Crippen molar-refractivity contribution in [3.63, 3.8) is 0 Å². The van der Waals surface area contributed by atoms with Gasteiger partial charge in [0.1, 0.15) is 0 Å². The number of hydrogen-bond acceptors (Lipinski definition) is 4. The van der Waals surface area contributed by atoms with Crippen molar-refractivity contribution in [1.29, 1.82) is 0 Å². The molecule has 4 nitrogen and oxygen atoms in total. The van der Waals surface area contributed by atoms with Gasteiger partial charge >= 0.3 is 0 Å². The van der Waals surface area contributed by atoms with Crippen LogP contribution in [0.2, 0.25) is 0 Å². The lowest BCUT2D eigenvalue weighted by Crippen LogP contribution is -2.37. The van der Waals surface area contributed by atoms with Gasteiger partial charge < -0.3 is 15.3 Å². The number of amides is 1. The number of carbonyl (C=O) groups is 1. The summed E-state index contributed by atoms with van der Waals surface area (Å²) in [4.78, 5) is 13.5. The number of nitrogens with one attached hydrogen (secondary N) is 1. The molecule has 94 valence electrons. The molecule has 1 heterocycles. The summed E-state index contributed by atoms with van der Waals surface area (Å²) < 4.78 is 0. The number of aliphatic hydroxyl groups excluding tert-OH is 1. The second-order valence-corrected chi connectivity index (χ2v) is 5.08. The van der Waals surface area contributed by atoms with E-state index in [-0.39, 0.29) is 12.0 Å². The zero-order valence-corrected chi connectivity index (χ0v) is 10.8. The number of likely N-dealkylation sites (tertiary alicyclic amines) is 1. The quantitative estimate of drug-likeness (QED) is 0.663. The summed E-state index contributed by atoms with van der Waals surface area (Å²) in [5, 5.41) is 12.2. The lowest BCUT2D eigenvalue weighted by Gasteiger charge is -2.29. The highest BCUT2D eigenvalue weighted by Gasteiger charge is 2.15. The van der Waals surface area contributed by atoms with E-state index < -0.39 is 0 Å². The predicted molar refractivity (Wildman–Crippen MR) is 67.7 cm³/mol. The molecule has 16 heavy (non-hydrogen) atoms. The largest absolute Gasteiger partial charge is 0.393 e. The van der Waals surface area contributed by atoms with E-state index in [4.69, 9.17) is 0 Å². The van der Waals surface area contributed by atoms with Crippen LogP contribution in [0.4, 0.5) is 0 Å². The van der Waals surface area contributed by atoms with E-state index in [1.165, 1.54) is 0 Å². The summed E-state index contributed by atoms with van der Waals surface area (Å²) in [5.74, 6) is 0.678. The van der Waals surface area contributed by atoms with Gasteiger partial charge in [0.15, 0.2) is 0 Å². The molecule has 0 aromatic carbocycles. The molecule has 1 fully saturated rings. The summed E-state index contributed by atoms with van der Waals surface area (Å²) in [6, 6.07) is 0. The number of rotatable bonds is 6. The maximum absolute atomic E-state index is 11.2. The molecule has 0 radical (unpaired) electrons. The van der Waals surface area contributed by atoms with Crippen LogP contribution >= 0.6 is 11.8 Å². The van der Waals surface area contributed by atoms with Gasteiger partial charge in [0.2, 0.25) is 5.91 Å². The molecule has 1 aliphatic rings. The Labute approximate surface area is 102 Å². The van der Waals surface area contributed by atoms with Crippen molar-refractivity contribution in [2.75, 3.05) is 38.2 Å². The number of thioether (sulfide) groups is 1. The fraction of sp³-hybridized carbons (Fsp3) is 0.909. The zero-order valence-electron chi connectivity index (χ0n) is 9.95. The SMILES string of the molecule is CSCC(=O)NCCCN1CCC(O)CC1. The Hall–Kier alpha value is -0.260. The fourth-order valence-corrected chi connectivity index (χ4v) is 2.22. The Kier molecular flexibility index (Phi) is 6.84. The molecule has 0 aromatic heterocycles. The Morgan fingerprint density at radius 1 is 1.50 bits per heavy atom. The highest BCUT2D eigenvalue weighted by atomic mass is 32.2. The van der Waals surface area contributed by atoms with E-state index >= 15 is 0 Å². The Bertz CT molecular complexity index is 206. The van der Waals surface area contributed by atoms with Gasteiger partial charge in [-0.3, -0.25) is 4.79 Å². The highest BCUT2D eigenvalue weighted by molar-refractivity contribution is 7.99. The second kappa shape index (κ2) is 7.92. The van der Waals surface area contributed by atoms with Crippen molar-refractivity contribution in [2.45, 2.75) is 25.4 Å². The van der Waals surface area contributed by atoms with Crippen LogP contribution in [-0.2, 0) is 4.79 Å². The first-order valence-corrected chi connectivity index (χ1v) is 7.28. The van der Waals surface area contributed by atoms with Gasteiger partial charge in [-0.1, -0.05) is 0 Å². The molecule has 0 aromatic rings. The lowest BCUT2D eigenvalue weighted by atomic mass is 10.1. The maximum Gasteiger partial charge on any atom is 0.229 e. The van der Waals surface area contributed by atoms with Gasteiger partial charge in [0.25, 0.3) is 0 Å². The van der Waals surface area contributed by atoms with E-state index in [9.17, 15) is 9.90 Å². The molecule has 0 unspecified atom stereocenters. The summed E-state index contributed by atoms with van der Waals surface area (Å²) in [5.41, 5.74) is 0. The van der Waals surface area contributed by atoms with Crippen molar-refractivity contribution < 1.29 is 9.90 Å². The third kappa shape index (κ3) is 5.72. The minimum atomic E-state index is -0.0995. The van der Waals surface area contributed by atoms with Crippen LogP contribution in [0, 0.1) is 0 Å². The van der Waals surface area contributed by atoms with E-state index in [0.717, 1.165) is 45.4 Å². The smallest absolute Gasteiger partial charge is 0.229 e. The number of carbonyl (C=O) groups excluding carboxylic acids is 1. The van der Waals surface area contributed by atoms with Crippen LogP contribution in [-0.4, -0.2) is 60.2 Å². The molecule has 1 amide bonds. The van der Waals surface area contributed by atoms with Crippen LogP contribution in [0.1, 0.15) is 19.3 Å². The molecule has 0 spiro atoms. The maximum atomic E-state index is 11.2. The topological polar surface area (TPSA) is 52.6 Å². The number of hydrogen-bond donors (Lipinski definition) is 2. The molecule has 1 saturated heterocycles. The van der Waals surface area contributed by atoms with Crippen LogP contribution in [0.25, 0.3) is 0 Å². The van der Waals surface area contributed by atoms with Crippen LogP contribution in [0.3, 0.4) is 0 Å². The summed E-state index contributed by atoms with van der Waals surface area (Å²) in [6.07, 6.45) is 4.60. The van der Waals surface area contributed by atoms with Crippen molar-refractivity contribution >= 4 is 17.7 Å². The number of nitrogens with zero attached hydrogens (tertiary/aromatic N) is 1. The molecule has 0 saturated carbocycles. The zero-order chi connectivity index (χ0) is 11.8. The third-order valence-corrected chi connectivity index (χ3v) is 3.36. The summed E-state index contributed by atoms with van der Waals surface area (Å²) in [6.45, 7) is 3.75. The van der Waals surface area contributed by atoms with Gasteiger partial charge in [-0.15, -0.1) is 0 Å².